The molecule has 196 valence electrons. The van der Waals surface area contributed by atoms with Gasteiger partial charge in [0.1, 0.15) is 4.90 Å². The van der Waals surface area contributed by atoms with Crippen LogP contribution < -0.4 is 8.92 Å². The molecular formula is C27H26F3NO5S. The first-order valence-electron chi connectivity index (χ1n) is 11.2. The Bertz CT molecular complexity index is 1370. The van der Waals surface area contributed by atoms with Gasteiger partial charge in [0.2, 0.25) is 5.91 Å². The standard InChI is InChI=1S/C27H26F3NO5S/c1-19(2)31(26(32)15-13-20-8-5-4-6-9-20)18-21-12-14-24(35-3)25(16-21)36-37(33,34)23-11-7-10-22(17-23)27(28,29)30/h4-17,19H,18H2,1-3H3/b15-13+. The average molecular weight is 534 g/mol. The second-order valence-electron chi connectivity index (χ2n) is 8.35. The van der Waals surface area contributed by atoms with E-state index < -0.39 is 26.8 Å². The molecule has 0 aliphatic rings. The van der Waals surface area contributed by atoms with Crippen molar-refractivity contribution < 1.29 is 35.3 Å². The number of rotatable bonds is 9. The van der Waals surface area contributed by atoms with Gasteiger partial charge < -0.3 is 13.8 Å². The molecule has 3 aromatic carbocycles. The van der Waals surface area contributed by atoms with E-state index in [1.54, 1.807) is 17.0 Å². The van der Waals surface area contributed by atoms with Crippen molar-refractivity contribution in [3.8, 4) is 11.5 Å². The highest BCUT2D eigenvalue weighted by atomic mass is 32.2. The van der Waals surface area contributed by atoms with Crippen LogP contribution in [0.5, 0.6) is 11.5 Å². The van der Waals surface area contributed by atoms with E-state index in [0.717, 1.165) is 23.8 Å². The lowest BCUT2D eigenvalue weighted by Crippen LogP contribution is -2.35. The fourth-order valence-corrected chi connectivity index (χ4v) is 4.40. The molecule has 0 N–H and O–H groups in total. The first-order chi connectivity index (χ1) is 17.4. The van der Waals surface area contributed by atoms with Crippen LogP contribution >= 0.6 is 0 Å². The minimum absolute atomic E-state index is 0.0608. The number of ether oxygens (including phenoxy) is 1. The van der Waals surface area contributed by atoms with E-state index in [-0.39, 0.29) is 30.0 Å². The summed E-state index contributed by atoms with van der Waals surface area (Å²) >= 11 is 0. The Morgan fingerprint density at radius 3 is 2.30 bits per heavy atom. The van der Waals surface area contributed by atoms with Gasteiger partial charge in [-0.25, -0.2) is 0 Å². The van der Waals surface area contributed by atoms with Crippen LogP contribution in [0.1, 0.15) is 30.5 Å². The number of hydrogen-bond donors (Lipinski definition) is 0. The molecule has 0 aromatic heterocycles. The zero-order valence-corrected chi connectivity index (χ0v) is 21.2. The summed E-state index contributed by atoms with van der Waals surface area (Å²) in [6.07, 6.45) is -1.57. The Hall–Kier alpha value is -3.79. The van der Waals surface area contributed by atoms with E-state index in [2.05, 4.69) is 0 Å². The number of alkyl halides is 3. The molecule has 0 fully saturated rings. The Labute approximate surface area is 214 Å². The van der Waals surface area contributed by atoms with E-state index in [4.69, 9.17) is 8.92 Å². The monoisotopic (exact) mass is 533 g/mol. The fraction of sp³-hybridized carbons (Fsp3) is 0.222. The second-order valence-corrected chi connectivity index (χ2v) is 9.90. The molecule has 0 saturated carbocycles. The van der Waals surface area contributed by atoms with Crippen LogP contribution in [0.15, 0.2) is 83.8 Å². The second kappa shape index (κ2) is 11.5. The lowest BCUT2D eigenvalue weighted by Gasteiger charge is -2.26. The van der Waals surface area contributed by atoms with Crippen LogP contribution in [-0.2, 0) is 27.6 Å². The predicted molar refractivity (Wildman–Crippen MR) is 133 cm³/mol. The molecule has 37 heavy (non-hydrogen) atoms. The van der Waals surface area contributed by atoms with Gasteiger partial charge in [0.25, 0.3) is 0 Å². The number of methoxy groups -OCH3 is 1. The summed E-state index contributed by atoms with van der Waals surface area (Å²) in [6.45, 7) is 3.81. The topological polar surface area (TPSA) is 72.9 Å². The van der Waals surface area contributed by atoms with Crippen LogP contribution in [0.25, 0.3) is 6.08 Å². The Kier molecular flexibility index (Phi) is 8.65. The number of amides is 1. The lowest BCUT2D eigenvalue weighted by atomic mass is 10.1. The van der Waals surface area contributed by atoms with Crippen LogP contribution in [0.2, 0.25) is 0 Å². The quantitative estimate of drug-likeness (QED) is 0.252. The smallest absolute Gasteiger partial charge is 0.416 e. The molecule has 0 heterocycles. The highest BCUT2D eigenvalue weighted by molar-refractivity contribution is 7.87. The highest BCUT2D eigenvalue weighted by Gasteiger charge is 2.32. The third-order valence-corrected chi connectivity index (χ3v) is 6.59. The lowest BCUT2D eigenvalue weighted by molar-refractivity contribution is -0.137. The molecule has 0 atom stereocenters. The van der Waals surface area contributed by atoms with Crippen molar-refractivity contribution in [2.75, 3.05) is 7.11 Å². The van der Waals surface area contributed by atoms with Gasteiger partial charge in [-0.15, -0.1) is 0 Å². The average Bonchev–Trinajstić information content (AvgIpc) is 2.86. The third-order valence-electron chi connectivity index (χ3n) is 5.35. The number of nitrogens with zero attached hydrogens (tertiary/aromatic N) is 1. The summed E-state index contributed by atoms with van der Waals surface area (Å²) in [6, 6.07) is 16.9. The van der Waals surface area contributed by atoms with Gasteiger partial charge in [-0.1, -0.05) is 42.5 Å². The summed E-state index contributed by atoms with van der Waals surface area (Å²) in [7, 11) is -3.31. The highest BCUT2D eigenvalue weighted by Crippen LogP contribution is 2.34. The summed E-state index contributed by atoms with van der Waals surface area (Å²) in [5, 5.41) is 0. The molecule has 0 unspecified atom stereocenters. The maximum Gasteiger partial charge on any atom is 0.416 e. The maximum atomic E-state index is 13.1. The Morgan fingerprint density at radius 1 is 0.973 bits per heavy atom. The van der Waals surface area contributed by atoms with Gasteiger partial charge in [0.05, 0.1) is 12.7 Å². The molecule has 6 nitrogen and oxygen atoms in total. The molecule has 10 heteroatoms. The van der Waals surface area contributed by atoms with E-state index in [9.17, 15) is 26.4 Å². The molecule has 0 saturated heterocycles. The molecule has 3 aromatic rings. The Balaban J connectivity index is 1.86. The van der Waals surface area contributed by atoms with Crippen LogP contribution in [0.4, 0.5) is 13.2 Å². The normalized spacial score (nSPS) is 12.1. The largest absolute Gasteiger partial charge is 0.493 e. The van der Waals surface area contributed by atoms with Crippen molar-refractivity contribution >= 4 is 22.1 Å². The molecule has 0 radical (unpaired) electrons. The van der Waals surface area contributed by atoms with Gasteiger partial charge in [-0.3, -0.25) is 4.79 Å². The molecule has 0 aliphatic carbocycles. The predicted octanol–water partition coefficient (Wildman–Crippen LogP) is 5.93. The van der Waals surface area contributed by atoms with E-state index in [1.807, 2.05) is 44.2 Å². The summed E-state index contributed by atoms with van der Waals surface area (Å²) in [5.74, 6) is -0.409. The molecule has 0 bridgehead atoms. The van der Waals surface area contributed by atoms with Crippen molar-refractivity contribution in [1.82, 2.24) is 4.90 Å². The first kappa shape index (κ1) is 27.8. The minimum Gasteiger partial charge on any atom is -0.493 e. The zero-order chi connectivity index (χ0) is 27.2. The van der Waals surface area contributed by atoms with Gasteiger partial charge in [0, 0.05) is 18.7 Å². The van der Waals surface area contributed by atoms with Crippen molar-refractivity contribution in [2.24, 2.45) is 0 Å². The van der Waals surface area contributed by atoms with Crippen molar-refractivity contribution in [3.63, 3.8) is 0 Å². The Morgan fingerprint density at radius 2 is 1.68 bits per heavy atom. The zero-order valence-electron chi connectivity index (χ0n) is 20.4. The first-order valence-corrected chi connectivity index (χ1v) is 12.6. The van der Waals surface area contributed by atoms with Crippen LogP contribution in [0, 0.1) is 0 Å². The van der Waals surface area contributed by atoms with Crippen LogP contribution in [0.3, 0.4) is 0 Å². The number of carbonyl (C=O) groups excluding carboxylic acids is 1. The van der Waals surface area contributed by atoms with E-state index in [0.29, 0.717) is 11.6 Å². The SMILES string of the molecule is COc1ccc(CN(C(=O)/C=C/c2ccccc2)C(C)C)cc1OS(=O)(=O)c1cccc(C(F)(F)F)c1. The maximum absolute atomic E-state index is 13.1. The van der Waals surface area contributed by atoms with Crippen molar-refractivity contribution in [1.29, 1.82) is 0 Å². The van der Waals surface area contributed by atoms with Crippen molar-refractivity contribution in [3.05, 3.63) is 95.6 Å². The summed E-state index contributed by atoms with van der Waals surface area (Å²) in [5.41, 5.74) is 0.275. The molecule has 3 rings (SSSR count). The van der Waals surface area contributed by atoms with E-state index >= 15 is 0 Å². The van der Waals surface area contributed by atoms with Crippen molar-refractivity contribution in [2.45, 2.75) is 37.5 Å². The molecular weight excluding hydrogens is 507 g/mol. The minimum atomic E-state index is -4.72. The van der Waals surface area contributed by atoms with Gasteiger partial charge >= 0.3 is 16.3 Å². The van der Waals surface area contributed by atoms with Crippen LogP contribution in [-0.4, -0.2) is 32.4 Å². The van der Waals surface area contributed by atoms with Gasteiger partial charge in [-0.05, 0) is 61.4 Å². The number of hydrogen-bond acceptors (Lipinski definition) is 5. The fourth-order valence-electron chi connectivity index (χ4n) is 3.42. The number of halogens is 3. The molecule has 0 aliphatic heterocycles. The number of benzene rings is 3. The summed E-state index contributed by atoms with van der Waals surface area (Å²) in [4.78, 5) is 13.8. The van der Waals surface area contributed by atoms with Gasteiger partial charge in [0.15, 0.2) is 11.5 Å². The summed E-state index contributed by atoms with van der Waals surface area (Å²) < 4.78 is 75.2. The van der Waals surface area contributed by atoms with E-state index in [1.165, 1.54) is 25.3 Å². The van der Waals surface area contributed by atoms with Gasteiger partial charge in [-0.2, -0.15) is 21.6 Å². The molecule has 1 amide bonds. The molecule has 0 spiro atoms. The number of carbonyl (C=O) groups is 1. The third kappa shape index (κ3) is 7.36.